The lowest BCUT2D eigenvalue weighted by Gasteiger charge is -2.16. The van der Waals surface area contributed by atoms with E-state index in [-0.39, 0.29) is 28.6 Å². The second kappa shape index (κ2) is 7.66. The SMILES string of the molecule is CC(C)NS(=O)(=O)CCNC1=CN(c2ccc(F)c(Br)c2)ON1O. The summed E-state index contributed by atoms with van der Waals surface area (Å²) in [5.74, 6) is -0.447. The van der Waals surface area contributed by atoms with Crippen LogP contribution >= 0.6 is 15.9 Å². The summed E-state index contributed by atoms with van der Waals surface area (Å²) in [6, 6.07) is 3.99. The smallest absolute Gasteiger partial charge is 0.213 e. The van der Waals surface area contributed by atoms with E-state index >= 15 is 0 Å². The van der Waals surface area contributed by atoms with Gasteiger partial charge in [-0.2, -0.15) is 5.06 Å². The minimum atomic E-state index is -3.41. The molecule has 0 radical (unpaired) electrons. The first-order valence-corrected chi connectivity index (χ1v) is 9.49. The predicted molar refractivity (Wildman–Crippen MR) is 89.4 cm³/mol. The number of hydrogen-bond acceptors (Lipinski definition) is 7. The lowest BCUT2D eigenvalue weighted by Crippen LogP contribution is -2.37. The van der Waals surface area contributed by atoms with Crippen LogP contribution in [0.2, 0.25) is 0 Å². The van der Waals surface area contributed by atoms with Gasteiger partial charge in [-0.1, -0.05) is 5.23 Å². The van der Waals surface area contributed by atoms with E-state index in [1.165, 1.54) is 29.5 Å². The third-order valence-corrected chi connectivity index (χ3v) is 5.04. The molecule has 1 aliphatic rings. The molecule has 1 aromatic rings. The van der Waals surface area contributed by atoms with Crippen molar-refractivity contribution in [3.8, 4) is 0 Å². The van der Waals surface area contributed by atoms with Gasteiger partial charge in [0.25, 0.3) is 0 Å². The van der Waals surface area contributed by atoms with Gasteiger partial charge < -0.3 is 5.32 Å². The van der Waals surface area contributed by atoms with Crippen molar-refractivity contribution < 1.29 is 23.0 Å². The second-order valence-corrected chi connectivity index (χ2v) is 8.04. The fourth-order valence-electron chi connectivity index (χ4n) is 1.90. The van der Waals surface area contributed by atoms with Gasteiger partial charge in [0.05, 0.1) is 22.1 Å². The number of anilines is 1. The van der Waals surface area contributed by atoms with Crippen LogP contribution in [0.4, 0.5) is 10.1 Å². The number of nitrogens with one attached hydrogen (secondary N) is 2. The van der Waals surface area contributed by atoms with Crippen LogP contribution in [0.3, 0.4) is 0 Å². The summed E-state index contributed by atoms with van der Waals surface area (Å²) >= 11 is 3.06. The molecule has 0 bridgehead atoms. The molecule has 8 nitrogen and oxygen atoms in total. The van der Waals surface area contributed by atoms with Crippen molar-refractivity contribution in [2.45, 2.75) is 19.9 Å². The van der Waals surface area contributed by atoms with Crippen molar-refractivity contribution in [3.05, 3.63) is 40.5 Å². The number of sulfonamides is 1. The minimum absolute atomic E-state index is 0.0647. The first-order chi connectivity index (χ1) is 11.2. The molecule has 134 valence electrons. The lowest BCUT2D eigenvalue weighted by molar-refractivity contribution is -0.306. The molecule has 0 fully saturated rings. The number of halogens is 2. The molecule has 3 N–H and O–H groups in total. The molecule has 1 aromatic carbocycles. The summed E-state index contributed by atoms with van der Waals surface area (Å²) in [4.78, 5) is 5.06. The maximum Gasteiger partial charge on any atom is 0.213 e. The summed E-state index contributed by atoms with van der Waals surface area (Å²) in [6.07, 6.45) is 1.40. The number of hydroxylamine groups is 3. The van der Waals surface area contributed by atoms with Crippen molar-refractivity contribution >= 4 is 31.6 Å². The molecule has 0 amide bonds. The fourth-order valence-corrected chi connectivity index (χ4v) is 3.47. The van der Waals surface area contributed by atoms with E-state index in [9.17, 15) is 18.0 Å². The van der Waals surface area contributed by atoms with Gasteiger partial charge in [-0.15, -0.1) is 4.94 Å². The number of rotatable bonds is 7. The zero-order chi connectivity index (χ0) is 17.9. The zero-order valence-electron chi connectivity index (χ0n) is 13.0. The van der Waals surface area contributed by atoms with E-state index in [1.54, 1.807) is 13.8 Å². The summed E-state index contributed by atoms with van der Waals surface area (Å²) in [7, 11) is -3.41. The molecule has 11 heteroatoms. The van der Waals surface area contributed by atoms with E-state index < -0.39 is 15.8 Å². The summed E-state index contributed by atoms with van der Waals surface area (Å²) < 4.78 is 39.4. The highest BCUT2D eigenvalue weighted by atomic mass is 79.9. The minimum Gasteiger partial charge on any atom is -0.365 e. The van der Waals surface area contributed by atoms with Gasteiger partial charge in [0.2, 0.25) is 10.0 Å². The molecule has 2 rings (SSSR count). The third-order valence-electron chi connectivity index (χ3n) is 2.86. The van der Waals surface area contributed by atoms with Gasteiger partial charge in [-0.3, -0.25) is 5.21 Å². The van der Waals surface area contributed by atoms with E-state index in [0.29, 0.717) is 10.9 Å². The summed E-state index contributed by atoms with van der Waals surface area (Å²) in [5, 5.41) is 14.1. The van der Waals surface area contributed by atoms with E-state index in [2.05, 4.69) is 26.0 Å². The molecule has 0 saturated heterocycles. The Morgan fingerprint density at radius 2 is 2.12 bits per heavy atom. The van der Waals surface area contributed by atoms with Crippen molar-refractivity contribution in [1.82, 2.24) is 15.3 Å². The predicted octanol–water partition coefficient (Wildman–Crippen LogP) is 1.66. The number of benzene rings is 1. The monoisotopic (exact) mass is 424 g/mol. The van der Waals surface area contributed by atoms with Crippen LogP contribution in [0.25, 0.3) is 0 Å². The Labute approximate surface area is 147 Å². The zero-order valence-corrected chi connectivity index (χ0v) is 15.4. The molecule has 0 atom stereocenters. The van der Waals surface area contributed by atoms with Crippen LogP contribution in [-0.4, -0.2) is 37.2 Å². The molecule has 0 aliphatic carbocycles. The van der Waals surface area contributed by atoms with Gasteiger partial charge in [-0.05, 0) is 48.0 Å². The first kappa shape index (κ1) is 18.9. The van der Waals surface area contributed by atoms with Crippen molar-refractivity contribution in [2.24, 2.45) is 0 Å². The van der Waals surface area contributed by atoms with Gasteiger partial charge in [0.15, 0.2) is 5.82 Å². The van der Waals surface area contributed by atoms with Crippen LogP contribution in [0.5, 0.6) is 0 Å². The first-order valence-electron chi connectivity index (χ1n) is 7.05. The maximum atomic E-state index is 13.3. The van der Waals surface area contributed by atoms with Crippen LogP contribution in [0, 0.1) is 5.82 Å². The average molecular weight is 425 g/mol. The lowest BCUT2D eigenvalue weighted by atomic mass is 10.3. The van der Waals surface area contributed by atoms with E-state index in [1.807, 2.05) is 0 Å². The average Bonchev–Trinajstić information content (AvgIpc) is 2.82. The Kier molecular flexibility index (Phi) is 6.04. The Hall–Kier alpha value is -1.40. The molecule has 0 spiro atoms. The number of hydrogen-bond donors (Lipinski definition) is 3. The highest BCUT2D eigenvalue weighted by Gasteiger charge is 2.23. The Balaban J connectivity index is 1.97. The van der Waals surface area contributed by atoms with Gasteiger partial charge in [0, 0.05) is 12.6 Å². The Morgan fingerprint density at radius 1 is 1.42 bits per heavy atom. The van der Waals surface area contributed by atoms with Crippen LogP contribution < -0.4 is 15.1 Å². The van der Waals surface area contributed by atoms with Crippen molar-refractivity contribution in [1.29, 1.82) is 0 Å². The fraction of sp³-hybridized carbons (Fsp3) is 0.385. The largest absolute Gasteiger partial charge is 0.365 e. The molecular formula is C13H18BrFN4O4S. The van der Waals surface area contributed by atoms with Crippen LogP contribution in [-0.2, 0) is 15.0 Å². The second-order valence-electron chi connectivity index (χ2n) is 5.31. The van der Waals surface area contributed by atoms with Gasteiger partial charge >= 0.3 is 0 Å². The van der Waals surface area contributed by atoms with Gasteiger partial charge in [0.1, 0.15) is 5.82 Å². The molecule has 1 aliphatic heterocycles. The van der Waals surface area contributed by atoms with E-state index in [4.69, 9.17) is 4.94 Å². The van der Waals surface area contributed by atoms with Gasteiger partial charge in [-0.25, -0.2) is 17.5 Å². The maximum absolute atomic E-state index is 13.3. The third kappa shape index (κ3) is 5.05. The topological polar surface area (TPSA) is 94.1 Å². The normalized spacial score (nSPS) is 15.2. The molecule has 0 aromatic heterocycles. The standard InChI is InChI=1S/C13H18BrFN4O4S/c1-9(2)17-24(21,22)6-5-16-13-8-18(23-19(13)20)10-3-4-12(15)11(14)7-10/h3-4,7-9,16-17,20H,5-6H2,1-2H3. The molecule has 24 heavy (non-hydrogen) atoms. The molecule has 0 saturated carbocycles. The quantitative estimate of drug-likeness (QED) is 0.612. The molecule has 0 unspecified atom stereocenters. The van der Waals surface area contributed by atoms with Crippen molar-refractivity contribution in [3.63, 3.8) is 0 Å². The van der Waals surface area contributed by atoms with Crippen LogP contribution in [0.15, 0.2) is 34.7 Å². The molecule has 1 heterocycles. The Bertz CT molecular complexity index is 729. The Morgan fingerprint density at radius 3 is 2.75 bits per heavy atom. The van der Waals surface area contributed by atoms with Crippen molar-refractivity contribution in [2.75, 3.05) is 17.4 Å². The highest BCUT2D eigenvalue weighted by molar-refractivity contribution is 9.10. The summed E-state index contributed by atoms with van der Waals surface area (Å²) in [5.41, 5.74) is 0.466. The highest BCUT2D eigenvalue weighted by Crippen LogP contribution is 2.27. The summed E-state index contributed by atoms with van der Waals surface area (Å²) in [6.45, 7) is 3.52. The molecular weight excluding hydrogens is 407 g/mol. The van der Waals surface area contributed by atoms with Crippen LogP contribution in [0.1, 0.15) is 13.8 Å². The van der Waals surface area contributed by atoms with E-state index in [0.717, 1.165) is 0 Å². The number of nitrogens with zero attached hydrogens (tertiary/aromatic N) is 2.